The molecule has 0 aliphatic carbocycles. The van der Waals surface area contributed by atoms with E-state index in [4.69, 9.17) is 9.72 Å². The number of hydrogen-bond acceptors (Lipinski definition) is 3. The second-order valence-corrected chi connectivity index (χ2v) is 8.00. The maximum atomic E-state index is 15.4. The monoisotopic (exact) mass is 439 g/mol. The third-order valence-electron chi connectivity index (χ3n) is 5.78. The normalized spacial score (nSPS) is 11.7. The standard InChI is InChI=1S/C29H26FNO2/c1-4-23-27(19(2)17-26(28(23)30)33-18-21-11-7-5-8-12-21)20(3)24-15-16-25(32)29(31-24)22-13-9-6-10-14-22/h4-17,20,32H,1,18H2,2-3H3. The second-order valence-electron chi connectivity index (χ2n) is 8.00. The Kier molecular flexibility index (Phi) is 6.55. The molecular weight excluding hydrogens is 413 g/mol. The van der Waals surface area contributed by atoms with E-state index in [1.807, 2.05) is 74.5 Å². The largest absolute Gasteiger partial charge is 0.506 e. The zero-order valence-electron chi connectivity index (χ0n) is 18.8. The Bertz CT molecular complexity index is 1270. The predicted octanol–water partition coefficient (Wildman–Crippen LogP) is 7.28. The third kappa shape index (κ3) is 4.65. The van der Waals surface area contributed by atoms with Crippen LogP contribution in [-0.4, -0.2) is 10.1 Å². The van der Waals surface area contributed by atoms with Crippen LogP contribution < -0.4 is 4.74 Å². The van der Waals surface area contributed by atoms with Gasteiger partial charge in [-0.1, -0.05) is 80.2 Å². The molecule has 0 saturated carbocycles. The molecule has 0 aliphatic heterocycles. The minimum absolute atomic E-state index is 0.105. The molecule has 0 amide bonds. The first-order chi connectivity index (χ1) is 16.0. The van der Waals surface area contributed by atoms with Crippen LogP contribution in [0.1, 0.15) is 40.8 Å². The number of halogens is 1. The SMILES string of the molecule is C=Cc1c(F)c(OCc2ccccc2)cc(C)c1C(C)c1ccc(O)c(-c2ccccc2)n1. The summed E-state index contributed by atoms with van der Waals surface area (Å²) in [6, 6.07) is 24.3. The van der Waals surface area contributed by atoms with Crippen LogP contribution in [0.3, 0.4) is 0 Å². The van der Waals surface area contributed by atoms with Gasteiger partial charge in [0.25, 0.3) is 0 Å². The van der Waals surface area contributed by atoms with Gasteiger partial charge in [0.15, 0.2) is 11.6 Å². The summed E-state index contributed by atoms with van der Waals surface area (Å²) in [5.41, 5.74) is 5.11. The first kappa shape index (κ1) is 22.3. The molecule has 0 spiro atoms. The highest BCUT2D eigenvalue weighted by Gasteiger charge is 2.22. The van der Waals surface area contributed by atoms with Gasteiger partial charge in [0.1, 0.15) is 18.1 Å². The van der Waals surface area contributed by atoms with Crippen molar-refractivity contribution in [3.05, 3.63) is 119 Å². The Hall–Kier alpha value is -3.92. The van der Waals surface area contributed by atoms with Crippen LogP contribution in [0.2, 0.25) is 0 Å². The fourth-order valence-corrected chi connectivity index (χ4v) is 4.08. The highest BCUT2D eigenvalue weighted by molar-refractivity contribution is 5.67. The molecule has 1 aromatic heterocycles. The van der Waals surface area contributed by atoms with Crippen LogP contribution in [0.15, 0.2) is 85.4 Å². The van der Waals surface area contributed by atoms with Crippen LogP contribution in [0, 0.1) is 12.7 Å². The van der Waals surface area contributed by atoms with Crippen molar-refractivity contribution in [1.82, 2.24) is 4.98 Å². The number of ether oxygens (including phenoxy) is 1. The van der Waals surface area contributed by atoms with Gasteiger partial charge in [-0.15, -0.1) is 0 Å². The summed E-state index contributed by atoms with van der Waals surface area (Å²) < 4.78 is 21.3. The molecule has 166 valence electrons. The highest BCUT2D eigenvalue weighted by atomic mass is 19.1. The summed E-state index contributed by atoms with van der Waals surface area (Å²) in [6.07, 6.45) is 1.53. The van der Waals surface area contributed by atoms with Gasteiger partial charge in [0.2, 0.25) is 0 Å². The molecule has 4 heteroatoms. The zero-order chi connectivity index (χ0) is 23.4. The van der Waals surface area contributed by atoms with Crippen molar-refractivity contribution in [1.29, 1.82) is 0 Å². The predicted molar refractivity (Wildman–Crippen MR) is 131 cm³/mol. The number of aromatic hydroxyl groups is 1. The van der Waals surface area contributed by atoms with Gasteiger partial charge < -0.3 is 9.84 Å². The summed E-state index contributed by atoms with van der Waals surface area (Å²) in [7, 11) is 0. The number of rotatable bonds is 7. The smallest absolute Gasteiger partial charge is 0.172 e. The molecule has 1 atom stereocenters. The Labute approximate surface area is 193 Å². The number of pyridine rings is 1. The van der Waals surface area contributed by atoms with Gasteiger partial charge in [-0.3, -0.25) is 0 Å². The van der Waals surface area contributed by atoms with E-state index in [1.54, 1.807) is 18.2 Å². The third-order valence-corrected chi connectivity index (χ3v) is 5.78. The number of aryl methyl sites for hydroxylation is 1. The summed E-state index contributed by atoms with van der Waals surface area (Å²) in [6.45, 7) is 8.05. The van der Waals surface area contributed by atoms with Gasteiger partial charge in [0.05, 0.1) is 0 Å². The van der Waals surface area contributed by atoms with Crippen molar-refractivity contribution in [2.75, 3.05) is 0 Å². The molecule has 4 rings (SSSR count). The number of nitrogens with zero attached hydrogens (tertiary/aromatic N) is 1. The minimum atomic E-state index is -0.435. The quantitative estimate of drug-likeness (QED) is 0.329. The number of hydrogen-bond donors (Lipinski definition) is 1. The van der Waals surface area contributed by atoms with Crippen molar-refractivity contribution in [3.8, 4) is 22.8 Å². The van der Waals surface area contributed by atoms with E-state index in [0.717, 1.165) is 27.9 Å². The average molecular weight is 440 g/mol. The fraction of sp³-hybridized carbons (Fsp3) is 0.138. The van der Waals surface area contributed by atoms with Gasteiger partial charge >= 0.3 is 0 Å². The lowest BCUT2D eigenvalue weighted by Crippen LogP contribution is -2.08. The summed E-state index contributed by atoms with van der Waals surface area (Å²) >= 11 is 0. The zero-order valence-corrected chi connectivity index (χ0v) is 18.8. The van der Waals surface area contributed by atoms with Crippen LogP contribution >= 0.6 is 0 Å². The first-order valence-electron chi connectivity index (χ1n) is 10.9. The Balaban J connectivity index is 1.70. The van der Waals surface area contributed by atoms with Crippen molar-refractivity contribution < 1.29 is 14.2 Å². The van der Waals surface area contributed by atoms with E-state index in [0.29, 0.717) is 11.3 Å². The van der Waals surface area contributed by atoms with Crippen molar-refractivity contribution in [2.24, 2.45) is 0 Å². The van der Waals surface area contributed by atoms with Crippen molar-refractivity contribution in [2.45, 2.75) is 26.4 Å². The van der Waals surface area contributed by atoms with Crippen LogP contribution in [-0.2, 0) is 6.61 Å². The van der Waals surface area contributed by atoms with E-state index in [1.165, 1.54) is 6.08 Å². The van der Waals surface area contributed by atoms with E-state index >= 15 is 4.39 Å². The van der Waals surface area contributed by atoms with Crippen molar-refractivity contribution in [3.63, 3.8) is 0 Å². The van der Waals surface area contributed by atoms with E-state index in [2.05, 4.69) is 6.58 Å². The Morgan fingerprint density at radius 1 is 1.03 bits per heavy atom. The Morgan fingerprint density at radius 3 is 2.36 bits per heavy atom. The maximum absolute atomic E-state index is 15.4. The molecule has 3 aromatic carbocycles. The molecule has 1 unspecified atom stereocenters. The van der Waals surface area contributed by atoms with E-state index in [9.17, 15) is 5.11 Å². The molecule has 0 aliphatic rings. The molecule has 0 fully saturated rings. The van der Waals surface area contributed by atoms with Crippen molar-refractivity contribution >= 4 is 6.08 Å². The molecule has 33 heavy (non-hydrogen) atoms. The maximum Gasteiger partial charge on any atom is 0.172 e. The fourth-order valence-electron chi connectivity index (χ4n) is 4.08. The van der Waals surface area contributed by atoms with Gasteiger partial charge in [-0.05, 0) is 41.8 Å². The molecule has 0 saturated heterocycles. The lowest BCUT2D eigenvalue weighted by Gasteiger charge is -2.21. The molecule has 0 radical (unpaired) electrons. The summed E-state index contributed by atoms with van der Waals surface area (Å²) in [5, 5.41) is 10.4. The second kappa shape index (κ2) is 9.70. The summed E-state index contributed by atoms with van der Waals surface area (Å²) in [4.78, 5) is 4.73. The van der Waals surface area contributed by atoms with Crippen LogP contribution in [0.4, 0.5) is 4.39 Å². The van der Waals surface area contributed by atoms with Crippen LogP contribution in [0.25, 0.3) is 17.3 Å². The van der Waals surface area contributed by atoms with Gasteiger partial charge in [-0.2, -0.15) is 0 Å². The lowest BCUT2D eigenvalue weighted by atomic mass is 9.88. The molecule has 4 aromatic rings. The number of aromatic nitrogens is 1. The van der Waals surface area contributed by atoms with E-state index in [-0.39, 0.29) is 24.0 Å². The molecule has 3 nitrogen and oxygen atoms in total. The van der Waals surface area contributed by atoms with Gasteiger partial charge in [0, 0.05) is 22.7 Å². The Morgan fingerprint density at radius 2 is 1.70 bits per heavy atom. The van der Waals surface area contributed by atoms with Crippen LogP contribution in [0.5, 0.6) is 11.5 Å². The molecule has 1 heterocycles. The van der Waals surface area contributed by atoms with E-state index < -0.39 is 5.82 Å². The topological polar surface area (TPSA) is 42.4 Å². The summed E-state index contributed by atoms with van der Waals surface area (Å²) in [5.74, 6) is -0.353. The van der Waals surface area contributed by atoms with Gasteiger partial charge in [-0.25, -0.2) is 9.37 Å². The lowest BCUT2D eigenvalue weighted by molar-refractivity contribution is 0.289. The average Bonchev–Trinajstić information content (AvgIpc) is 2.85. The minimum Gasteiger partial charge on any atom is -0.506 e. The molecule has 1 N–H and O–H groups in total. The highest BCUT2D eigenvalue weighted by Crippen LogP contribution is 2.37. The number of benzene rings is 3. The molecular formula is C29H26FNO2. The molecule has 0 bridgehead atoms. The first-order valence-corrected chi connectivity index (χ1v) is 10.9.